The Hall–Kier alpha value is -1.27. The molecule has 0 saturated carbocycles. The van der Waals surface area contributed by atoms with Crippen molar-refractivity contribution < 1.29 is 13.2 Å². The first-order valence-electron chi connectivity index (χ1n) is 4.91. The van der Waals surface area contributed by atoms with E-state index in [4.69, 9.17) is 17.3 Å². The van der Waals surface area contributed by atoms with Crippen molar-refractivity contribution in [2.24, 2.45) is 0 Å². The van der Waals surface area contributed by atoms with Gasteiger partial charge in [-0.05, 0) is 25.1 Å². The van der Waals surface area contributed by atoms with E-state index < -0.39 is 21.5 Å². The Morgan fingerprint density at radius 2 is 2.12 bits per heavy atom. The molecule has 0 heterocycles. The Bertz CT molecular complexity index is 528. The Kier molecular flexibility index (Phi) is 4.36. The summed E-state index contributed by atoms with van der Waals surface area (Å²) < 4.78 is 23.6. The highest BCUT2D eigenvalue weighted by atomic mass is 35.5. The molecule has 0 bridgehead atoms. The molecule has 1 aromatic carbocycles. The maximum atomic E-state index is 11.8. The van der Waals surface area contributed by atoms with E-state index >= 15 is 0 Å². The lowest BCUT2D eigenvalue weighted by atomic mass is 10.3. The van der Waals surface area contributed by atoms with E-state index in [2.05, 4.69) is 5.32 Å². The van der Waals surface area contributed by atoms with Gasteiger partial charge in [-0.2, -0.15) is 0 Å². The van der Waals surface area contributed by atoms with Gasteiger partial charge in [0, 0.05) is 6.54 Å². The maximum absolute atomic E-state index is 11.8. The molecule has 0 atom stereocenters. The summed E-state index contributed by atoms with van der Waals surface area (Å²) in [5.74, 6) is -1.14. The highest BCUT2D eigenvalue weighted by molar-refractivity contribution is 7.92. The molecule has 0 aliphatic heterocycles. The lowest BCUT2D eigenvalue weighted by Crippen LogP contribution is -2.30. The SMILES string of the molecule is CCNC(=O)CS(=O)(=O)c1ccc(N)c(Cl)c1. The summed E-state index contributed by atoms with van der Waals surface area (Å²) in [6, 6.07) is 3.97. The minimum absolute atomic E-state index is 0.0112. The summed E-state index contributed by atoms with van der Waals surface area (Å²) >= 11 is 5.73. The topological polar surface area (TPSA) is 89.3 Å². The molecular weight excluding hydrogens is 264 g/mol. The van der Waals surface area contributed by atoms with E-state index in [1.54, 1.807) is 6.92 Å². The Balaban J connectivity index is 2.97. The molecule has 0 aliphatic carbocycles. The van der Waals surface area contributed by atoms with E-state index in [-0.39, 0.29) is 9.92 Å². The van der Waals surface area contributed by atoms with Gasteiger partial charge in [0.2, 0.25) is 5.91 Å². The number of halogens is 1. The first-order valence-corrected chi connectivity index (χ1v) is 6.94. The van der Waals surface area contributed by atoms with Crippen molar-refractivity contribution in [3.63, 3.8) is 0 Å². The minimum Gasteiger partial charge on any atom is -0.398 e. The van der Waals surface area contributed by atoms with Crippen molar-refractivity contribution in [1.29, 1.82) is 0 Å². The smallest absolute Gasteiger partial charge is 0.235 e. The second kappa shape index (κ2) is 5.37. The first kappa shape index (κ1) is 13.8. The number of benzene rings is 1. The number of anilines is 1. The third kappa shape index (κ3) is 3.61. The molecular formula is C10H13ClN2O3S. The quantitative estimate of drug-likeness (QED) is 0.797. The largest absolute Gasteiger partial charge is 0.398 e. The third-order valence-corrected chi connectivity index (χ3v) is 3.97. The van der Waals surface area contributed by atoms with Gasteiger partial charge < -0.3 is 11.1 Å². The van der Waals surface area contributed by atoms with Gasteiger partial charge in [-0.25, -0.2) is 8.42 Å². The van der Waals surface area contributed by atoms with E-state index in [1.807, 2.05) is 0 Å². The molecule has 17 heavy (non-hydrogen) atoms. The number of hydrogen-bond donors (Lipinski definition) is 2. The van der Waals surface area contributed by atoms with Crippen molar-refractivity contribution in [1.82, 2.24) is 5.32 Å². The van der Waals surface area contributed by atoms with Crippen LogP contribution in [0.4, 0.5) is 5.69 Å². The average Bonchev–Trinajstić information content (AvgIpc) is 2.21. The standard InChI is InChI=1S/C10H13ClN2O3S/c1-2-13-10(14)6-17(15,16)7-3-4-9(12)8(11)5-7/h3-5H,2,6,12H2,1H3,(H,13,14). The molecule has 0 fully saturated rings. The van der Waals surface area contributed by atoms with Crippen LogP contribution in [0, 0.1) is 0 Å². The number of rotatable bonds is 4. The molecule has 0 radical (unpaired) electrons. The van der Waals surface area contributed by atoms with E-state index in [9.17, 15) is 13.2 Å². The van der Waals surface area contributed by atoms with Crippen molar-refractivity contribution >= 4 is 33.0 Å². The molecule has 94 valence electrons. The van der Waals surface area contributed by atoms with Gasteiger partial charge >= 0.3 is 0 Å². The zero-order valence-electron chi connectivity index (χ0n) is 9.23. The number of carbonyl (C=O) groups is 1. The van der Waals surface area contributed by atoms with Crippen LogP contribution in [0.25, 0.3) is 0 Å². The van der Waals surface area contributed by atoms with Crippen LogP contribution in [-0.4, -0.2) is 26.6 Å². The second-order valence-electron chi connectivity index (χ2n) is 3.40. The fraction of sp³-hybridized carbons (Fsp3) is 0.300. The van der Waals surface area contributed by atoms with Crippen molar-refractivity contribution in [3.05, 3.63) is 23.2 Å². The number of hydrogen-bond acceptors (Lipinski definition) is 4. The summed E-state index contributed by atoms with van der Waals surface area (Å²) in [4.78, 5) is 11.2. The molecule has 7 heteroatoms. The lowest BCUT2D eigenvalue weighted by molar-refractivity contribution is -0.118. The van der Waals surface area contributed by atoms with Gasteiger partial charge in [-0.15, -0.1) is 0 Å². The fourth-order valence-corrected chi connectivity index (χ4v) is 2.64. The number of amides is 1. The van der Waals surface area contributed by atoms with Crippen LogP contribution >= 0.6 is 11.6 Å². The normalized spacial score (nSPS) is 11.2. The molecule has 0 saturated heterocycles. The maximum Gasteiger partial charge on any atom is 0.235 e. The van der Waals surface area contributed by atoms with Crippen LogP contribution in [0.2, 0.25) is 5.02 Å². The number of sulfone groups is 1. The van der Waals surface area contributed by atoms with Gasteiger partial charge in [-0.1, -0.05) is 11.6 Å². The minimum atomic E-state index is -3.67. The summed E-state index contributed by atoms with van der Waals surface area (Å²) in [7, 11) is -3.67. The predicted molar refractivity (Wildman–Crippen MR) is 66.6 cm³/mol. The van der Waals surface area contributed by atoms with Crippen molar-refractivity contribution in [3.8, 4) is 0 Å². The third-order valence-electron chi connectivity index (χ3n) is 2.03. The summed E-state index contributed by atoms with van der Waals surface area (Å²) in [5.41, 5.74) is 5.77. The molecule has 0 aromatic heterocycles. The van der Waals surface area contributed by atoms with E-state index in [0.717, 1.165) is 0 Å². The van der Waals surface area contributed by atoms with Crippen LogP contribution in [0.5, 0.6) is 0 Å². The monoisotopic (exact) mass is 276 g/mol. The van der Waals surface area contributed by atoms with Crippen LogP contribution < -0.4 is 11.1 Å². The summed E-state index contributed by atoms with van der Waals surface area (Å²) in [6.45, 7) is 2.10. The fourth-order valence-electron chi connectivity index (χ4n) is 1.21. The van der Waals surface area contributed by atoms with Gasteiger partial charge in [-0.3, -0.25) is 4.79 Å². The molecule has 3 N–H and O–H groups in total. The lowest BCUT2D eigenvalue weighted by Gasteiger charge is -2.06. The zero-order chi connectivity index (χ0) is 13.1. The molecule has 5 nitrogen and oxygen atoms in total. The van der Waals surface area contributed by atoms with Crippen LogP contribution in [0.1, 0.15) is 6.92 Å². The molecule has 0 spiro atoms. The van der Waals surface area contributed by atoms with Crippen LogP contribution in [0.15, 0.2) is 23.1 Å². The Morgan fingerprint density at radius 3 is 2.65 bits per heavy atom. The molecule has 1 amide bonds. The zero-order valence-corrected chi connectivity index (χ0v) is 10.8. The second-order valence-corrected chi connectivity index (χ2v) is 5.79. The van der Waals surface area contributed by atoms with Crippen LogP contribution in [-0.2, 0) is 14.6 Å². The van der Waals surface area contributed by atoms with Crippen molar-refractivity contribution in [2.75, 3.05) is 18.0 Å². The molecule has 0 unspecified atom stereocenters. The Labute approximate surface area is 105 Å². The summed E-state index contributed by atoms with van der Waals surface area (Å²) in [5, 5.41) is 2.58. The first-order chi connectivity index (χ1) is 7.86. The highest BCUT2D eigenvalue weighted by Gasteiger charge is 2.19. The average molecular weight is 277 g/mol. The molecule has 1 aromatic rings. The number of nitrogens with one attached hydrogen (secondary N) is 1. The molecule has 1 rings (SSSR count). The van der Waals surface area contributed by atoms with Gasteiger partial charge in [0.1, 0.15) is 5.75 Å². The van der Waals surface area contributed by atoms with Crippen molar-refractivity contribution in [2.45, 2.75) is 11.8 Å². The van der Waals surface area contributed by atoms with Gasteiger partial charge in [0.25, 0.3) is 0 Å². The number of nitrogens with two attached hydrogens (primary N) is 1. The summed E-state index contributed by atoms with van der Waals surface area (Å²) in [6.07, 6.45) is 0. The highest BCUT2D eigenvalue weighted by Crippen LogP contribution is 2.23. The predicted octanol–water partition coefficient (Wildman–Crippen LogP) is 0.832. The van der Waals surface area contributed by atoms with E-state index in [1.165, 1.54) is 18.2 Å². The van der Waals surface area contributed by atoms with E-state index in [0.29, 0.717) is 12.2 Å². The van der Waals surface area contributed by atoms with Gasteiger partial charge in [0.05, 0.1) is 15.6 Å². The molecule has 0 aliphatic rings. The van der Waals surface area contributed by atoms with Gasteiger partial charge in [0.15, 0.2) is 9.84 Å². The number of nitrogen functional groups attached to an aromatic ring is 1. The Morgan fingerprint density at radius 1 is 1.47 bits per heavy atom. The van der Waals surface area contributed by atoms with Crippen LogP contribution in [0.3, 0.4) is 0 Å². The number of carbonyl (C=O) groups excluding carboxylic acids is 1.